The quantitative estimate of drug-likeness (QED) is 0.0156. The molecule has 1 fully saturated rings. The molecule has 490 valence electrons. The summed E-state index contributed by atoms with van der Waals surface area (Å²) in [7, 11) is 1.53. The van der Waals surface area contributed by atoms with Gasteiger partial charge in [0, 0.05) is 48.3 Å². The number of esters is 1. The number of cyclic esters (lactones) is 1. The summed E-state index contributed by atoms with van der Waals surface area (Å²) in [6.45, 7) is 11.5. The van der Waals surface area contributed by atoms with Gasteiger partial charge in [0.2, 0.25) is 23.6 Å². The van der Waals surface area contributed by atoms with Crippen molar-refractivity contribution in [3.63, 3.8) is 0 Å². The Bertz CT molecular complexity index is 3190. The predicted octanol–water partition coefficient (Wildman–Crippen LogP) is 4.64. The first-order chi connectivity index (χ1) is 43.4. The van der Waals surface area contributed by atoms with Crippen LogP contribution in [0.5, 0.6) is 5.75 Å². The van der Waals surface area contributed by atoms with Gasteiger partial charge in [-0.1, -0.05) is 58.2 Å². The van der Waals surface area contributed by atoms with Crippen molar-refractivity contribution in [2.75, 3.05) is 85.0 Å². The van der Waals surface area contributed by atoms with E-state index in [1.807, 2.05) is 6.08 Å². The molecule has 26 heteroatoms. The molecule has 7 rings (SSSR count). The first-order valence-electron chi connectivity index (χ1n) is 30.8. The molecule has 7 amide bonds. The summed E-state index contributed by atoms with van der Waals surface area (Å²) in [5.41, 5.74) is 6.82. The second kappa shape index (κ2) is 34.8. The summed E-state index contributed by atoms with van der Waals surface area (Å²) >= 11 is 0. The number of alkyl carbamates (subject to hydrolysis) is 1. The minimum atomic E-state index is -2.00. The molecule has 0 bridgehead atoms. The number of hydrogen-bond donors (Lipinski definition) is 8. The number of allylic oxidation sites excluding steroid dienone is 1. The van der Waals surface area contributed by atoms with Crippen molar-refractivity contribution in [1.29, 1.82) is 0 Å². The van der Waals surface area contributed by atoms with Crippen molar-refractivity contribution >= 4 is 58.3 Å². The van der Waals surface area contributed by atoms with Gasteiger partial charge in [-0.15, -0.1) is 6.58 Å². The SMILES string of the molecule is C=CC1CCCCCC(OCC(=O)NCCOCCOCCOCCOCCC(=O)N[C@H](C(=O)N[C@@H](CCCNC(N)=O)C(=O)Nc2ccc(COC(=O)NCc3c4c(nc5ccc(OC)cc35)-c3cc5c(c(=O)n3C4)COC(=O)[C@]5(O)CC)cc2)C(C)C)C1. The van der Waals surface area contributed by atoms with Gasteiger partial charge in [-0.2, -0.15) is 0 Å². The second-order valence-electron chi connectivity index (χ2n) is 22.7. The van der Waals surface area contributed by atoms with Crippen LogP contribution < -0.4 is 47.9 Å². The zero-order chi connectivity index (χ0) is 64.6. The lowest BCUT2D eigenvalue weighted by atomic mass is 9.86. The lowest BCUT2D eigenvalue weighted by Gasteiger charge is -2.31. The van der Waals surface area contributed by atoms with Crippen molar-refractivity contribution in [1.82, 2.24) is 36.1 Å². The highest BCUT2D eigenvalue weighted by Gasteiger charge is 2.45. The smallest absolute Gasteiger partial charge is 0.407 e. The van der Waals surface area contributed by atoms with E-state index < -0.39 is 59.1 Å². The minimum absolute atomic E-state index is 0.0118. The second-order valence-corrected chi connectivity index (χ2v) is 22.7. The number of carbonyl (C=O) groups excluding carboxylic acids is 7. The standard InChI is InChI=1S/C64H87N9O17/c1-6-41-12-9-8-10-13-45(32-41)88-39-55(75)66-23-25-85-27-29-87-31-30-86-28-26-84-24-21-54(74)72-56(40(3)4)59(77)71-52(14-11-22-67-62(65)80)58(76)69-43-17-15-42(16-18-43)37-90-63(81)68-35-47-46-33-44(83-5)19-20-51(46)70-57-48(47)36-73-53(57)34-50-49(60(73)78)38-89-61(79)64(50,82)7-2/h6,15-20,33-34,40-41,45,52,56,82H,1,7-14,21-32,35-39H2,2-5H3,(H,66,75)(H,68,81)(H,69,76)(H,71,77)(H,72,74)(H3,65,67,80)/t41?,45?,52-,56-,64-/m0/s1. The zero-order valence-corrected chi connectivity index (χ0v) is 51.9. The number of nitrogens with zero attached hydrogens (tertiary/aromatic N) is 2. The normalized spacial score (nSPS) is 17.5. The third-order valence-electron chi connectivity index (χ3n) is 16.0. The van der Waals surface area contributed by atoms with E-state index in [4.69, 9.17) is 48.6 Å². The summed E-state index contributed by atoms with van der Waals surface area (Å²) in [6, 6.07) is 10.6. The van der Waals surface area contributed by atoms with Gasteiger partial charge in [-0.25, -0.2) is 19.4 Å². The Morgan fingerprint density at radius 3 is 2.24 bits per heavy atom. The van der Waals surface area contributed by atoms with Gasteiger partial charge in [0.1, 0.15) is 37.7 Å². The average Bonchev–Trinajstić information content (AvgIpc) is 1.58. The summed E-state index contributed by atoms with van der Waals surface area (Å²) in [6.07, 6.45) is 8.12. The number of pyridine rings is 2. The van der Waals surface area contributed by atoms with E-state index in [0.717, 1.165) is 25.7 Å². The number of amides is 7. The molecule has 2 aromatic heterocycles. The van der Waals surface area contributed by atoms with Crippen LogP contribution in [0.3, 0.4) is 0 Å². The van der Waals surface area contributed by atoms with Crippen LogP contribution in [0.1, 0.15) is 113 Å². The van der Waals surface area contributed by atoms with Crippen LogP contribution in [0.4, 0.5) is 15.3 Å². The number of methoxy groups -OCH3 is 1. The summed E-state index contributed by atoms with van der Waals surface area (Å²) in [4.78, 5) is 109. The third-order valence-corrected chi connectivity index (χ3v) is 16.0. The van der Waals surface area contributed by atoms with Crippen LogP contribution in [0.25, 0.3) is 22.3 Å². The molecule has 5 atom stereocenters. The number of ether oxygens (including phenoxy) is 8. The number of anilines is 1. The van der Waals surface area contributed by atoms with Gasteiger partial charge in [0.05, 0.1) is 95.1 Å². The van der Waals surface area contributed by atoms with Gasteiger partial charge in [0.25, 0.3) is 5.56 Å². The topological polar surface area (TPSA) is 347 Å². The highest BCUT2D eigenvalue weighted by Crippen LogP contribution is 2.41. The first-order valence-corrected chi connectivity index (χ1v) is 30.8. The van der Waals surface area contributed by atoms with Gasteiger partial charge in [0.15, 0.2) is 5.60 Å². The van der Waals surface area contributed by atoms with Crippen molar-refractivity contribution in [3.05, 3.63) is 99.4 Å². The molecule has 4 aromatic rings. The Morgan fingerprint density at radius 1 is 0.844 bits per heavy atom. The van der Waals surface area contributed by atoms with Gasteiger partial charge in [-0.05, 0) is 97.9 Å². The van der Waals surface area contributed by atoms with Crippen molar-refractivity contribution in [2.24, 2.45) is 17.6 Å². The number of fused-ring (bicyclic) bond motifs is 5. The minimum Gasteiger partial charge on any atom is -0.497 e. The molecular formula is C64H87N9O17. The lowest BCUT2D eigenvalue weighted by Crippen LogP contribution is -2.54. The first kappa shape index (κ1) is 69.5. The molecule has 1 aliphatic carbocycles. The number of rotatable bonds is 35. The zero-order valence-electron chi connectivity index (χ0n) is 51.9. The molecule has 2 aliphatic heterocycles. The van der Waals surface area contributed by atoms with E-state index in [2.05, 4.69) is 38.5 Å². The molecule has 3 aliphatic rings. The van der Waals surface area contributed by atoms with Crippen molar-refractivity contribution < 1.29 is 76.6 Å². The molecule has 4 heterocycles. The van der Waals surface area contributed by atoms with E-state index >= 15 is 0 Å². The van der Waals surface area contributed by atoms with E-state index in [0.29, 0.717) is 95.9 Å². The van der Waals surface area contributed by atoms with Crippen LogP contribution in [0, 0.1) is 11.8 Å². The van der Waals surface area contributed by atoms with E-state index in [-0.39, 0.29) is 114 Å². The highest BCUT2D eigenvalue weighted by molar-refractivity contribution is 5.98. The van der Waals surface area contributed by atoms with Crippen LogP contribution in [0.15, 0.2) is 66.0 Å². The molecule has 90 heavy (non-hydrogen) atoms. The summed E-state index contributed by atoms with van der Waals surface area (Å²) in [5.74, 6) is -2.00. The maximum Gasteiger partial charge on any atom is 0.407 e. The number of aromatic nitrogens is 2. The summed E-state index contributed by atoms with van der Waals surface area (Å²) < 4.78 is 46.0. The molecule has 26 nitrogen and oxygen atoms in total. The molecule has 0 spiro atoms. The molecule has 2 unspecified atom stereocenters. The number of nitrogens with two attached hydrogens (primary N) is 1. The average molecular weight is 1250 g/mol. The molecule has 0 saturated heterocycles. The molecule has 0 radical (unpaired) electrons. The number of urea groups is 1. The van der Waals surface area contributed by atoms with Crippen LogP contribution in [-0.4, -0.2) is 154 Å². The van der Waals surface area contributed by atoms with Gasteiger partial charge >= 0.3 is 18.1 Å². The maximum atomic E-state index is 13.9. The van der Waals surface area contributed by atoms with E-state index in [1.54, 1.807) is 69.3 Å². The lowest BCUT2D eigenvalue weighted by molar-refractivity contribution is -0.172. The van der Waals surface area contributed by atoms with E-state index in [1.165, 1.54) is 24.5 Å². The molecule has 1 saturated carbocycles. The molecule has 9 N–H and O–H groups in total. The highest BCUT2D eigenvalue weighted by atomic mass is 16.6. The molecular weight excluding hydrogens is 1170 g/mol. The Kier molecular flexibility index (Phi) is 26.9. The van der Waals surface area contributed by atoms with Crippen molar-refractivity contribution in [2.45, 2.75) is 135 Å². The number of hydrogen-bond acceptors (Lipinski definition) is 18. The van der Waals surface area contributed by atoms with Gasteiger partial charge in [-0.3, -0.25) is 24.0 Å². The molecule has 2 aromatic carbocycles. The fourth-order valence-electron chi connectivity index (χ4n) is 10.9. The Labute approximate surface area is 523 Å². The van der Waals surface area contributed by atoms with Crippen LogP contribution >= 0.6 is 0 Å². The number of nitrogens with one attached hydrogen (secondary N) is 6. The fraction of sp³-hybridized carbons (Fsp3) is 0.547. The van der Waals surface area contributed by atoms with E-state index in [9.17, 15) is 43.5 Å². The Balaban J connectivity index is 0.806. The van der Waals surface area contributed by atoms with Crippen LogP contribution in [-0.2, 0) is 89.0 Å². The Hall–Kier alpha value is -8.01. The largest absolute Gasteiger partial charge is 0.497 e. The fourth-order valence-corrected chi connectivity index (χ4v) is 10.9. The third kappa shape index (κ3) is 19.7. The van der Waals surface area contributed by atoms with Crippen molar-refractivity contribution in [3.8, 4) is 17.1 Å². The van der Waals surface area contributed by atoms with Gasteiger partial charge < -0.3 is 85.2 Å². The monoisotopic (exact) mass is 1250 g/mol. The number of aliphatic hydroxyl groups is 1. The predicted molar refractivity (Wildman–Crippen MR) is 331 cm³/mol. The number of primary amides is 1. The number of carbonyl (C=O) groups is 7. The summed E-state index contributed by atoms with van der Waals surface area (Å²) in [5, 5.41) is 28.5. The Morgan fingerprint density at radius 2 is 1.56 bits per heavy atom. The van der Waals surface area contributed by atoms with Crippen LogP contribution in [0.2, 0.25) is 0 Å². The number of benzene rings is 2. The maximum absolute atomic E-state index is 13.9.